The van der Waals surface area contributed by atoms with E-state index in [1.807, 2.05) is 44.2 Å². The molecule has 0 unspecified atom stereocenters. The maximum atomic E-state index is 12.3. The van der Waals surface area contributed by atoms with Gasteiger partial charge >= 0.3 is 0 Å². The normalized spacial score (nSPS) is 10.3. The van der Waals surface area contributed by atoms with Crippen LogP contribution in [-0.2, 0) is 0 Å². The summed E-state index contributed by atoms with van der Waals surface area (Å²) in [4.78, 5) is 12.9. The molecule has 0 aromatic heterocycles. The van der Waals surface area contributed by atoms with E-state index in [2.05, 4.69) is 33.9 Å². The van der Waals surface area contributed by atoms with Gasteiger partial charge in [0.25, 0.3) is 5.91 Å². The van der Waals surface area contributed by atoms with Gasteiger partial charge in [0, 0.05) is 15.1 Å². The second kappa shape index (κ2) is 5.80. The predicted molar refractivity (Wildman–Crippen MR) is 85.3 cm³/mol. The lowest BCUT2D eigenvalue weighted by atomic mass is 10.1. The summed E-state index contributed by atoms with van der Waals surface area (Å²) >= 11 is 7.69. The average molecular weight is 336 g/mol. The molecule has 0 heterocycles. The summed E-state index contributed by atoms with van der Waals surface area (Å²) in [5.41, 5.74) is 3.52. The first-order chi connectivity index (χ1) is 8.99. The molecule has 0 saturated carbocycles. The molecule has 19 heavy (non-hydrogen) atoms. The number of halogens is 1. The molecule has 0 spiro atoms. The number of hydrogen-bond donors (Lipinski definition) is 2. The Labute approximate surface area is 126 Å². The van der Waals surface area contributed by atoms with E-state index in [1.165, 1.54) is 0 Å². The molecule has 0 aliphatic heterocycles. The van der Waals surface area contributed by atoms with E-state index in [-0.39, 0.29) is 5.91 Å². The van der Waals surface area contributed by atoms with Crippen molar-refractivity contribution in [3.63, 3.8) is 0 Å². The summed E-state index contributed by atoms with van der Waals surface area (Å²) in [6.07, 6.45) is 0. The van der Waals surface area contributed by atoms with Crippen LogP contribution in [0.5, 0.6) is 0 Å². The minimum atomic E-state index is -0.144. The van der Waals surface area contributed by atoms with Crippen molar-refractivity contribution in [3.8, 4) is 0 Å². The number of amides is 1. The van der Waals surface area contributed by atoms with Crippen molar-refractivity contribution in [3.05, 3.63) is 57.6 Å². The SMILES string of the molecule is Cc1cccc(C)c1NC(=O)c1ccc(Br)cc1S. The molecule has 1 amide bonds. The van der Waals surface area contributed by atoms with Crippen LogP contribution >= 0.6 is 28.6 Å². The molecular weight excluding hydrogens is 322 g/mol. The summed E-state index contributed by atoms with van der Waals surface area (Å²) < 4.78 is 0.904. The zero-order chi connectivity index (χ0) is 14.0. The molecular formula is C15H14BrNOS. The molecule has 0 atom stereocenters. The van der Waals surface area contributed by atoms with Gasteiger partial charge in [0.05, 0.1) is 5.56 Å². The van der Waals surface area contributed by atoms with E-state index >= 15 is 0 Å². The predicted octanol–water partition coefficient (Wildman–Crippen LogP) is 4.61. The van der Waals surface area contributed by atoms with Gasteiger partial charge in [0.15, 0.2) is 0 Å². The number of benzene rings is 2. The summed E-state index contributed by atoms with van der Waals surface area (Å²) in [6.45, 7) is 3.96. The largest absolute Gasteiger partial charge is 0.321 e. The number of anilines is 1. The Kier molecular flexibility index (Phi) is 4.32. The van der Waals surface area contributed by atoms with Crippen molar-refractivity contribution < 1.29 is 4.79 Å². The molecule has 2 rings (SSSR count). The number of rotatable bonds is 2. The molecule has 0 saturated heterocycles. The Bertz CT molecular complexity index is 620. The highest BCUT2D eigenvalue weighted by molar-refractivity contribution is 9.10. The lowest BCUT2D eigenvalue weighted by Crippen LogP contribution is -2.14. The standard InChI is InChI=1S/C15H14BrNOS/c1-9-4-3-5-10(2)14(9)17-15(18)12-7-6-11(16)8-13(12)19/h3-8,19H,1-2H3,(H,17,18). The zero-order valence-electron chi connectivity index (χ0n) is 10.7. The summed E-state index contributed by atoms with van der Waals surface area (Å²) in [6, 6.07) is 11.3. The highest BCUT2D eigenvalue weighted by Gasteiger charge is 2.12. The number of carbonyl (C=O) groups is 1. The van der Waals surface area contributed by atoms with Crippen LogP contribution in [0.25, 0.3) is 0 Å². The molecule has 2 nitrogen and oxygen atoms in total. The number of aryl methyl sites for hydroxylation is 2. The van der Waals surface area contributed by atoms with Crippen LogP contribution < -0.4 is 5.32 Å². The summed E-state index contributed by atoms with van der Waals surface area (Å²) in [5, 5.41) is 2.95. The Morgan fingerprint density at radius 3 is 2.37 bits per heavy atom. The van der Waals surface area contributed by atoms with E-state index in [1.54, 1.807) is 6.07 Å². The van der Waals surface area contributed by atoms with Crippen molar-refractivity contribution in [1.82, 2.24) is 0 Å². The van der Waals surface area contributed by atoms with Crippen LogP contribution in [0, 0.1) is 13.8 Å². The average Bonchev–Trinajstić information content (AvgIpc) is 2.33. The lowest BCUT2D eigenvalue weighted by molar-refractivity contribution is 0.102. The molecule has 2 aromatic carbocycles. The monoisotopic (exact) mass is 335 g/mol. The third-order valence-electron chi connectivity index (χ3n) is 2.92. The Morgan fingerprint density at radius 1 is 1.16 bits per heavy atom. The second-order valence-corrected chi connectivity index (χ2v) is 5.78. The van der Waals surface area contributed by atoms with Gasteiger partial charge in [-0.05, 0) is 43.2 Å². The molecule has 2 aromatic rings. The topological polar surface area (TPSA) is 29.1 Å². The molecule has 1 N–H and O–H groups in total. The van der Waals surface area contributed by atoms with Gasteiger partial charge in [-0.2, -0.15) is 0 Å². The van der Waals surface area contributed by atoms with Gasteiger partial charge in [-0.15, -0.1) is 12.6 Å². The molecule has 0 aliphatic carbocycles. The Morgan fingerprint density at radius 2 is 1.79 bits per heavy atom. The first-order valence-electron chi connectivity index (χ1n) is 5.85. The molecule has 0 aliphatic rings. The molecule has 0 radical (unpaired) electrons. The van der Waals surface area contributed by atoms with Crippen LogP contribution in [0.3, 0.4) is 0 Å². The van der Waals surface area contributed by atoms with E-state index in [0.29, 0.717) is 10.5 Å². The van der Waals surface area contributed by atoms with Crippen LogP contribution in [0.4, 0.5) is 5.69 Å². The van der Waals surface area contributed by atoms with Gasteiger partial charge in [-0.1, -0.05) is 34.1 Å². The number of hydrogen-bond acceptors (Lipinski definition) is 2. The van der Waals surface area contributed by atoms with Crippen LogP contribution in [0.15, 0.2) is 45.8 Å². The number of para-hydroxylation sites is 1. The molecule has 98 valence electrons. The number of carbonyl (C=O) groups excluding carboxylic acids is 1. The maximum Gasteiger partial charge on any atom is 0.256 e. The number of thiol groups is 1. The quantitative estimate of drug-likeness (QED) is 0.771. The summed E-state index contributed by atoms with van der Waals surface area (Å²) in [7, 11) is 0. The van der Waals surface area contributed by atoms with Crippen molar-refractivity contribution in [2.75, 3.05) is 5.32 Å². The first-order valence-corrected chi connectivity index (χ1v) is 7.09. The first kappa shape index (κ1) is 14.2. The molecule has 0 fully saturated rings. The fourth-order valence-electron chi connectivity index (χ4n) is 1.89. The van der Waals surface area contributed by atoms with Gasteiger partial charge in [-0.25, -0.2) is 0 Å². The molecule has 4 heteroatoms. The van der Waals surface area contributed by atoms with Crippen LogP contribution in [0.2, 0.25) is 0 Å². The summed E-state index contributed by atoms with van der Waals surface area (Å²) in [5.74, 6) is -0.144. The van der Waals surface area contributed by atoms with Crippen molar-refractivity contribution in [1.29, 1.82) is 0 Å². The van der Waals surface area contributed by atoms with E-state index in [4.69, 9.17) is 0 Å². The zero-order valence-corrected chi connectivity index (χ0v) is 13.2. The number of nitrogens with one attached hydrogen (secondary N) is 1. The highest BCUT2D eigenvalue weighted by atomic mass is 79.9. The van der Waals surface area contributed by atoms with E-state index in [0.717, 1.165) is 21.3 Å². The van der Waals surface area contributed by atoms with Crippen LogP contribution in [-0.4, -0.2) is 5.91 Å². The van der Waals surface area contributed by atoms with Gasteiger partial charge in [0.1, 0.15) is 0 Å². The van der Waals surface area contributed by atoms with E-state index in [9.17, 15) is 4.79 Å². The third kappa shape index (κ3) is 3.19. The second-order valence-electron chi connectivity index (χ2n) is 4.38. The molecule has 0 bridgehead atoms. The Balaban J connectivity index is 2.31. The van der Waals surface area contributed by atoms with Crippen LogP contribution in [0.1, 0.15) is 21.5 Å². The third-order valence-corrected chi connectivity index (χ3v) is 3.79. The maximum absolute atomic E-state index is 12.3. The van der Waals surface area contributed by atoms with Crippen molar-refractivity contribution in [2.45, 2.75) is 18.7 Å². The van der Waals surface area contributed by atoms with Gasteiger partial charge in [-0.3, -0.25) is 4.79 Å². The Hall–Kier alpha value is -1.26. The fourth-order valence-corrected chi connectivity index (χ4v) is 2.74. The van der Waals surface area contributed by atoms with Gasteiger partial charge < -0.3 is 5.32 Å². The highest BCUT2D eigenvalue weighted by Crippen LogP contribution is 2.23. The fraction of sp³-hybridized carbons (Fsp3) is 0.133. The minimum absolute atomic E-state index is 0.144. The van der Waals surface area contributed by atoms with E-state index < -0.39 is 0 Å². The minimum Gasteiger partial charge on any atom is -0.321 e. The smallest absolute Gasteiger partial charge is 0.256 e. The van der Waals surface area contributed by atoms with Gasteiger partial charge in [0.2, 0.25) is 0 Å². The van der Waals surface area contributed by atoms with Crippen molar-refractivity contribution in [2.24, 2.45) is 0 Å². The van der Waals surface area contributed by atoms with Crippen molar-refractivity contribution >= 4 is 40.2 Å². The lowest BCUT2D eigenvalue weighted by Gasteiger charge is -2.12.